The molecule has 1 aromatic rings. The van der Waals surface area contributed by atoms with Crippen molar-refractivity contribution in [2.24, 2.45) is 0 Å². The number of likely N-dealkylation sites (N-methyl/N-ethyl adjacent to an activating group) is 1. The molecule has 0 fully saturated rings. The molecule has 0 spiro atoms. The van der Waals surface area contributed by atoms with Gasteiger partial charge in [0.2, 0.25) is 5.91 Å². The van der Waals surface area contributed by atoms with E-state index in [0.29, 0.717) is 12.4 Å². The van der Waals surface area contributed by atoms with Gasteiger partial charge in [-0.2, -0.15) is 0 Å². The number of halogens is 1. The quantitative estimate of drug-likeness (QED) is 0.779. The maximum absolute atomic E-state index is 11.4. The molecule has 16 heavy (non-hydrogen) atoms. The van der Waals surface area contributed by atoms with E-state index in [1.807, 2.05) is 6.07 Å². The Balaban J connectivity index is 0.00000225. The largest absolute Gasteiger partial charge is 0.467 e. The van der Waals surface area contributed by atoms with Crippen LogP contribution in [-0.4, -0.2) is 33.2 Å². The zero-order valence-electron chi connectivity index (χ0n) is 9.36. The molecule has 1 atom stereocenters. The van der Waals surface area contributed by atoms with Crippen molar-refractivity contribution in [3.8, 4) is 0 Å². The highest BCUT2D eigenvalue weighted by molar-refractivity contribution is 5.85. The summed E-state index contributed by atoms with van der Waals surface area (Å²) in [5, 5.41) is 5.58. The SMILES string of the molecule is CNCC(=O)NC(COC)c1ccco1.Cl. The number of furan rings is 1. The maximum Gasteiger partial charge on any atom is 0.234 e. The first-order valence-corrected chi connectivity index (χ1v) is 4.74. The highest BCUT2D eigenvalue weighted by Gasteiger charge is 2.16. The van der Waals surface area contributed by atoms with Gasteiger partial charge in [-0.25, -0.2) is 0 Å². The number of rotatable bonds is 6. The van der Waals surface area contributed by atoms with Gasteiger partial charge in [0.25, 0.3) is 0 Å². The van der Waals surface area contributed by atoms with E-state index in [4.69, 9.17) is 9.15 Å². The van der Waals surface area contributed by atoms with Crippen molar-refractivity contribution in [1.29, 1.82) is 0 Å². The summed E-state index contributed by atoms with van der Waals surface area (Å²) in [6, 6.07) is 3.36. The lowest BCUT2D eigenvalue weighted by Crippen LogP contribution is -2.36. The Bertz CT molecular complexity index is 290. The summed E-state index contributed by atoms with van der Waals surface area (Å²) in [4.78, 5) is 11.4. The molecule has 0 radical (unpaired) electrons. The number of hydrogen-bond donors (Lipinski definition) is 2. The third-order valence-electron chi connectivity index (χ3n) is 1.89. The number of amides is 1. The number of hydrogen-bond acceptors (Lipinski definition) is 4. The molecule has 0 aliphatic rings. The number of carbonyl (C=O) groups excluding carboxylic acids is 1. The first-order chi connectivity index (χ1) is 7.27. The normalized spacial score (nSPS) is 11.6. The molecular weight excluding hydrogens is 232 g/mol. The molecule has 92 valence electrons. The molecule has 1 unspecified atom stereocenters. The molecule has 0 aliphatic carbocycles. The van der Waals surface area contributed by atoms with Crippen LogP contribution in [0.5, 0.6) is 0 Å². The Kier molecular flexibility index (Phi) is 7.62. The van der Waals surface area contributed by atoms with E-state index in [0.717, 1.165) is 0 Å². The number of nitrogens with one attached hydrogen (secondary N) is 2. The number of carbonyl (C=O) groups is 1. The van der Waals surface area contributed by atoms with Crippen LogP contribution in [0, 0.1) is 0 Å². The number of methoxy groups -OCH3 is 1. The van der Waals surface area contributed by atoms with Crippen LogP contribution < -0.4 is 10.6 Å². The molecule has 1 heterocycles. The summed E-state index contributed by atoms with van der Waals surface area (Å²) >= 11 is 0. The summed E-state index contributed by atoms with van der Waals surface area (Å²) in [6.45, 7) is 0.671. The average molecular weight is 249 g/mol. The lowest BCUT2D eigenvalue weighted by molar-refractivity contribution is -0.121. The van der Waals surface area contributed by atoms with Gasteiger partial charge in [0.05, 0.1) is 19.4 Å². The molecule has 0 saturated carbocycles. The first-order valence-electron chi connectivity index (χ1n) is 4.74. The van der Waals surface area contributed by atoms with Crippen molar-refractivity contribution in [2.75, 3.05) is 27.3 Å². The van der Waals surface area contributed by atoms with Crippen molar-refractivity contribution in [2.45, 2.75) is 6.04 Å². The smallest absolute Gasteiger partial charge is 0.234 e. The highest BCUT2D eigenvalue weighted by atomic mass is 35.5. The van der Waals surface area contributed by atoms with Gasteiger partial charge in [0.1, 0.15) is 11.8 Å². The van der Waals surface area contributed by atoms with Gasteiger partial charge in [-0.3, -0.25) is 4.79 Å². The van der Waals surface area contributed by atoms with Crippen LogP contribution in [0.2, 0.25) is 0 Å². The van der Waals surface area contributed by atoms with E-state index in [9.17, 15) is 4.79 Å². The minimum absolute atomic E-state index is 0. The van der Waals surface area contributed by atoms with E-state index < -0.39 is 0 Å². The van der Waals surface area contributed by atoms with Gasteiger partial charge >= 0.3 is 0 Å². The van der Waals surface area contributed by atoms with E-state index in [2.05, 4.69) is 10.6 Å². The monoisotopic (exact) mass is 248 g/mol. The Morgan fingerprint density at radius 3 is 2.88 bits per heavy atom. The van der Waals surface area contributed by atoms with Crippen LogP contribution in [0.4, 0.5) is 0 Å². The van der Waals surface area contributed by atoms with E-state index in [1.165, 1.54) is 0 Å². The predicted molar refractivity (Wildman–Crippen MR) is 62.6 cm³/mol. The lowest BCUT2D eigenvalue weighted by atomic mass is 10.2. The molecule has 1 aromatic heterocycles. The summed E-state index contributed by atoms with van der Waals surface area (Å²) in [6.07, 6.45) is 1.57. The topological polar surface area (TPSA) is 63.5 Å². The fourth-order valence-electron chi connectivity index (χ4n) is 1.26. The third-order valence-corrected chi connectivity index (χ3v) is 1.89. The van der Waals surface area contributed by atoms with E-state index in [-0.39, 0.29) is 30.9 Å². The van der Waals surface area contributed by atoms with Gasteiger partial charge in [0, 0.05) is 7.11 Å². The Hall–Kier alpha value is -1.04. The molecule has 2 N–H and O–H groups in total. The molecule has 0 saturated heterocycles. The fraction of sp³-hybridized carbons (Fsp3) is 0.500. The average Bonchev–Trinajstić information content (AvgIpc) is 2.70. The standard InChI is InChI=1S/C10H16N2O3.ClH/c1-11-6-10(13)12-8(7-14-2)9-4-3-5-15-9;/h3-5,8,11H,6-7H2,1-2H3,(H,12,13);1H. The molecule has 0 bridgehead atoms. The van der Waals surface area contributed by atoms with Crippen molar-refractivity contribution in [3.05, 3.63) is 24.2 Å². The summed E-state index contributed by atoms with van der Waals surface area (Å²) in [7, 11) is 3.30. The molecule has 0 aliphatic heterocycles. The van der Waals surface area contributed by atoms with Gasteiger partial charge < -0.3 is 19.8 Å². The molecular formula is C10H17ClN2O3. The highest BCUT2D eigenvalue weighted by Crippen LogP contribution is 2.13. The van der Waals surface area contributed by atoms with Crippen LogP contribution in [0.1, 0.15) is 11.8 Å². The zero-order valence-corrected chi connectivity index (χ0v) is 10.2. The Morgan fingerprint density at radius 1 is 1.62 bits per heavy atom. The van der Waals surface area contributed by atoms with Gasteiger partial charge in [-0.05, 0) is 19.2 Å². The molecule has 6 heteroatoms. The van der Waals surface area contributed by atoms with Crippen LogP contribution in [0.3, 0.4) is 0 Å². The van der Waals surface area contributed by atoms with Crippen LogP contribution in [0.15, 0.2) is 22.8 Å². The molecule has 1 amide bonds. The summed E-state index contributed by atoms with van der Waals surface area (Å²) in [5.41, 5.74) is 0. The minimum atomic E-state index is -0.231. The second-order valence-electron chi connectivity index (χ2n) is 3.12. The summed E-state index contributed by atoms with van der Waals surface area (Å²) < 4.78 is 10.2. The van der Waals surface area contributed by atoms with Gasteiger partial charge in [0.15, 0.2) is 0 Å². The van der Waals surface area contributed by atoms with Gasteiger partial charge in [-0.15, -0.1) is 12.4 Å². The first kappa shape index (κ1) is 15.0. The van der Waals surface area contributed by atoms with Crippen LogP contribution in [0.25, 0.3) is 0 Å². The molecule has 5 nitrogen and oxygen atoms in total. The predicted octanol–water partition coefficient (Wildman–Crippen LogP) is 0.724. The maximum atomic E-state index is 11.4. The van der Waals surface area contributed by atoms with Crippen molar-refractivity contribution < 1.29 is 13.9 Å². The van der Waals surface area contributed by atoms with Gasteiger partial charge in [-0.1, -0.05) is 0 Å². The second kappa shape index (κ2) is 8.15. The lowest BCUT2D eigenvalue weighted by Gasteiger charge is -2.15. The third kappa shape index (κ3) is 4.65. The van der Waals surface area contributed by atoms with E-state index in [1.54, 1.807) is 26.5 Å². The molecule has 1 rings (SSSR count). The minimum Gasteiger partial charge on any atom is -0.467 e. The Labute approximate surface area is 101 Å². The zero-order chi connectivity index (χ0) is 11.1. The fourth-order valence-corrected chi connectivity index (χ4v) is 1.26. The van der Waals surface area contributed by atoms with Crippen LogP contribution in [-0.2, 0) is 9.53 Å². The Morgan fingerprint density at radius 2 is 2.38 bits per heavy atom. The number of ether oxygens (including phenoxy) is 1. The van der Waals surface area contributed by atoms with E-state index >= 15 is 0 Å². The second-order valence-corrected chi connectivity index (χ2v) is 3.12. The van der Waals surface area contributed by atoms with Crippen molar-refractivity contribution in [1.82, 2.24) is 10.6 Å². The van der Waals surface area contributed by atoms with Crippen LogP contribution >= 0.6 is 12.4 Å². The molecule has 0 aromatic carbocycles. The summed E-state index contributed by atoms with van der Waals surface area (Å²) in [5.74, 6) is 0.609. The van der Waals surface area contributed by atoms with Crippen molar-refractivity contribution in [3.63, 3.8) is 0 Å². The van der Waals surface area contributed by atoms with Crippen molar-refractivity contribution >= 4 is 18.3 Å².